The first-order valence-corrected chi connectivity index (χ1v) is 5.10. The van der Waals surface area contributed by atoms with Gasteiger partial charge in [0.05, 0.1) is 20.3 Å². The molecule has 0 radical (unpaired) electrons. The molecular formula is C10H14BrNO2. The fourth-order valence-electron chi connectivity index (χ4n) is 1.28. The van der Waals surface area contributed by atoms with Gasteiger partial charge in [0.2, 0.25) is 0 Å². The molecule has 0 amide bonds. The van der Waals surface area contributed by atoms with Crippen LogP contribution in [-0.4, -0.2) is 14.2 Å². The van der Waals surface area contributed by atoms with Crippen molar-refractivity contribution in [3.05, 3.63) is 28.2 Å². The molecule has 3 nitrogen and oxygen atoms in total. The van der Waals surface area contributed by atoms with E-state index < -0.39 is 0 Å². The fraction of sp³-hybridized carbons (Fsp3) is 0.400. The summed E-state index contributed by atoms with van der Waals surface area (Å²) in [5.74, 6) is 0.852. The van der Waals surface area contributed by atoms with Crippen molar-refractivity contribution in [1.82, 2.24) is 5.48 Å². The lowest BCUT2D eigenvalue weighted by Gasteiger charge is -2.16. The SMILES string of the molecule is CONC(C)c1cc(Br)ccc1OC. The van der Waals surface area contributed by atoms with Gasteiger partial charge in [-0.2, -0.15) is 5.48 Å². The molecule has 0 aliphatic rings. The summed E-state index contributed by atoms with van der Waals surface area (Å²) in [6.45, 7) is 2.01. The molecule has 0 spiro atoms. The molecule has 0 aromatic heterocycles. The van der Waals surface area contributed by atoms with E-state index in [9.17, 15) is 0 Å². The zero-order chi connectivity index (χ0) is 10.6. The molecule has 78 valence electrons. The molecular weight excluding hydrogens is 246 g/mol. The highest BCUT2D eigenvalue weighted by Gasteiger charge is 2.10. The zero-order valence-corrected chi connectivity index (χ0v) is 10.1. The lowest BCUT2D eigenvalue weighted by molar-refractivity contribution is 0.0651. The number of ether oxygens (including phenoxy) is 1. The van der Waals surface area contributed by atoms with Crippen molar-refractivity contribution in [3.8, 4) is 5.75 Å². The molecule has 0 bridgehead atoms. The van der Waals surface area contributed by atoms with E-state index in [1.807, 2.05) is 25.1 Å². The van der Waals surface area contributed by atoms with Crippen molar-refractivity contribution < 1.29 is 9.57 Å². The van der Waals surface area contributed by atoms with Gasteiger partial charge < -0.3 is 9.57 Å². The molecule has 1 rings (SSSR count). The molecule has 1 aromatic rings. The van der Waals surface area contributed by atoms with Crippen molar-refractivity contribution in [2.24, 2.45) is 0 Å². The molecule has 1 unspecified atom stereocenters. The van der Waals surface area contributed by atoms with Crippen molar-refractivity contribution in [1.29, 1.82) is 0 Å². The summed E-state index contributed by atoms with van der Waals surface area (Å²) in [5, 5.41) is 0. The number of hydrogen-bond acceptors (Lipinski definition) is 3. The number of hydroxylamine groups is 1. The third kappa shape index (κ3) is 2.70. The monoisotopic (exact) mass is 259 g/mol. The van der Waals surface area contributed by atoms with Crippen LogP contribution in [0.5, 0.6) is 5.75 Å². The third-order valence-corrected chi connectivity index (χ3v) is 2.45. The molecule has 14 heavy (non-hydrogen) atoms. The second-order valence-electron chi connectivity index (χ2n) is 2.93. The molecule has 0 fully saturated rings. The maximum absolute atomic E-state index is 5.25. The van der Waals surface area contributed by atoms with Gasteiger partial charge in [0.15, 0.2) is 0 Å². The quantitative estimate of drug-likeness (QED) is 0.844. The highest BCUT2D eigenvalue weighted by molar-refractivity contribution is 9.10. The van der Waals surface area contributed by atoms with E-state index in [0.717, 1.165) is 15.8 Å². The topological polar surface area (TPSA) is 30.5 Å². The lowest BCUT2D eigenvalue weighted by Crippen LogP contribution is -2.17. The summed E-state index contributed by atoms with van der Waals surface area (Å²) in [6, 6.07) is 5.97. The molecule has 1 atom stereocenters. The Morgan fingerprint density at radius 2 is 2.07 bits per heavy atom. The van der Waals surface area contributed by atoms with E-state index in [1.165, 1.54) is 0 Å². The lowest BCUT2D eigenvalue weighted by atomic mass is 10.1. The van der Waals surface area contributed by atoms with Gasteiger partial charge in [-0.25, -0.2) is 0 Å². The van der Waals surface area contributed by atoms with Crippen LogP contribution >= 0.6 is 15.9 Å². The number of benzene rings is 1. The number of hydrogen-bond donors (Lipinski definition) is 1. The van der Waals surface area contributed by atoms with Crippen LogP contribution in [-0.2, 0) is 4.84 Å². The number of halogens is 1. The number of nitrogens with one attached hydrogen (secondary N) is 1. The largest absolute Gasteiger partial charge is 0.496 e. The van der Waals surface area contributed by atoms with Crippen LogP contribution < -0.4 is 10.2 Å². The van der Waals surface area contributed by atoms with Crippen LogP contribution in [0.4, 0.5) is 0 Å². The van der Waals surface area contributed by atoms with Crippen molar-refractivity contribution in [2.75, 3.05) is 14.2 Å². The summed E-state index contributed by atoms with van der Waals surface area (Å²) in [7, 11) is 3.26. The Morgan fingerprint density at radius 3 is 2.64 bits per heavy atom. The van der Waals surface area contributed by atoms with Crippen LogP contribution in [0.3, 0.4) is 0 Å². The van der Waals surface area contributed by atoms with Crippen LogP contribution in [0, 0.1) is 0 Å². The Kier molecular flexibility index (Phi) is 4.38. The Morgan fingerprint density at radius 1 is 1.36 bits per heavy atom. The predicted octanol–water partition coefficient (Wildman–Crippen LogP) is 2.67. The van der Waals surface area contributed by atoms with Crippen LogP contribution in [0.1, 0.15) is 18.5 Å². The molecule has 0 aliphatic heterocycles. The van der Waals surface area contributed by atoms with Crippen LogP contribution in [0.15, 0.2) is 22.7 Å². The molecule has 0 aliphatic carbocycles. The van der Waals surface area contributed by atoms with E-state index in [-0.39, 0.29) is 6.04 Å². The summed E-state index contributed by atoms with van der Waals surface area (Å²) in [4.78, 5) is 4.88. The molecule has 0 saturated heterocycles. The van der Waals surface area contributed by atoms with E-state index >= 15 is 0 Å². The number of methoxy groups -OCH3 is 1. The Balaban J connectivity index is 2.97. The Bertz CT molecular complexity index is 304. The highest BCUT2D eigenvalue weighted by atomic mass is 79.9. The third-order valence-electron chi connectivity index (χ3n) is 1.95. The van der Waals surface area contributed by atoms with Gasteiger partial charge in [0.25, 0.3) is 0 Å². The molecule has 1 aromatic carbocycles. The maximum Gasteiger partial charge on any atom is 0.123 e. The minimum Gasteiger partial charge on any atom is -0.496 e. The first-order valence-electron chi connectivity index (χ1n) is 4.31. The minimum atomic E-state index is 0.0902. The average molecular weight is 260 g/mol. The zero-order valence-electron chi connectivity index (χ0n) is 8.50. The first-order chi connectivity index (χ1) is 6.69. The van der Waals surface area contributed by atoms with Gasteiger partial charge in [-0.15, -0.1) is 0 Å². The fourth-order valence-corrected chi connectivity index (χ4v) is 1.66. The van der Waals surface area contributed by atoms with Gasteiger partial charge in [-0.3, -0.25) is 0 Å². The summed E-state index contributed by atoms with van der Waals surface area (Å²) >= 11 is 3.42. The summed E-state index contributed by atoms with van der Waals surface area (Å²) in [6.07, 6.45) is 0. The van der Waals surface area contributed by atoms with Crippen molar-refractivity contribution >= 4 is 15.9 Å². The van der Waals surface area contributed by atoms with Crippen LogP contribution in [0.2, 0.25) is 0 Å². The molecule has 4 heteroatoms. The van der Waals surface area contributed by atoms with E-state index in [0.29, 0.717) is 0 Å². The van der Waals surface area contributed by atoms with Crippen molar-refractivity contribution in [2.45, 2.75) is 13.0 Å². The maximum atomic E-state index is 5.25. The summed E-state index contributed by atoms with van der Waals surface area (Å²) in [5.41, 5.74) is 3.92. The number of rotatable bonds is 4. The second kappa shape index (κ2) is 5.34. The molecule has 1 N–H and O–H groups in total. The molecule has 0 heterocycles. The van der Waals surface area contributed by atoms with Crippen molar-refractivity contribution in [3.63, 3.8) is 0 Å². The average Bonchev–Trinajstić information content (AvgIpc) is 2.18. The van der Waals surface area contributed by atoms with E-state index in [1.54, 1.807) is 14.2 Å². The standard InChI is InChI=1S/C10H14BrNO2/c1-7(12-14-3)9-6-8(11)4-5-10(9)13-2/h4-7,12H,1-3H3. The van der Waals surface area contributed by atoms with Crippen LogP contribution in [0.25, 0.3) is 0 Å². The van der Waals surface area contributed by atoms with E-state index in [4.69, 9.17) is 9.57 Å². The predicted molar refractivity (Wildman–Crippen MR) is 59.3 cm³/mol. The Labute approximate surface area is 92.5 Å². The first kappa shape index (κ1) is 11.5. The summed E-state index contributed by atoms with van der Waals surface area (Å²) < 4.78 is 6.28. The Hall–Kier alpha value is -0.580. The molecule has 0 saturated carbocycles. The smallest absolute Gasteiger partial charge is 0.123 e. The van der Waals surface area contributed by atoms with Gasteiger partial charge in [-0.1, -0.05) is 15.9 Å². The van der Waals surface area contributed by atoms with Gasteiger partial charge in [-0.05, 0) is 25.1 Å². The van der Waals surface area contributed by atoms with Gasteiger partial charge >= 0.3 is 0 Å². The normalized spacial score (nSPS) is 12.6. The van der Waals surface area contributed by atoms with E-state index in [2.05, 4.69) is 21.4 Å². The minimum absolute atomic E-state index is 0.0902. The second-order valence-corrected chi connectivity index (χ2v) is 3.85. The van der Waals surface area contributed by atoms with Gasteiger partial charge in [0.1, 0.15) is 5.75 Å². The highest BCUT2D eigenvalue weighted by Crippen LogP contribution is 2.28. The van der Waals surface area contributed by atoms with Gasteiger partial charge in [0, 0.05) is 10.0 Å².